The van der Waals surface area contributed by atoms with Crippen molar-refractivity contribution in [3.8, 4) is 0 Å². The Kier molecular flexibility index (Phi) is 9.68. The van der Waals surface area contributed by atoms with Gasteiger partial charge < -0.3 is 0 Å². The van der Waals surface area contributed by atoms with E-state index in [0.29, 0.717) is 0 Å². The first-order valence-electron chi connectivity index (χ1n) is 9.71. The summed E-state index contributed by atoms with van der Waals surface area (Å²) in [5.74, 6) is -15.7. The van der Waals surface area contributed by atoms with Gasteiger partial charge in [0.2, 0.25) is 0 Å². The summed E-state index contributed by atoms with van der Waals surface area (Å²) in [5.41, 5.74) is -1.79. The second-order valence-corrected chi connectivity index (χ2v) is 8.23. The molecule has 0 radical (unpaired) electrons. The third-order valence-electron chi connectivity index (χ3n) is 4.23. The van der Waals surface area contributed by atoms with Gasteiger partial charge in [-0.05, 0) is 56.1 Å². The van der Waals surface area contributed by atoms with Gasteiger partial charge in [0.1, 0.15) is 0 Å². The quantitative estimate of drug-likeness (QED) is 0.0941. The number of pyridine rings is 2. The summed E-state index contributed by atoms with van der Waals surface area (Å²) in [5, 5.41) is 13.3. The molecule has 0 aliphatic heterocycles. The fourth-order valence-corrected chi connectivity index (χ4v) is 3.10. The summed E-state index contributed by atoms with van der Waals surface area (Å²) in [6, 6.07) is 7.19. The van der Waals surface area contributed by atoms with Crippen molar-refractivity contribution in [2.75, 3.05) is 0 Å². The third kappa shape index (κ3) is 6.42. The Morgan fingerprint density at radius 1 is 0.421 bits per heavy atom. The Labute approximate surface area is 224 Å². The first-order chi connectivity index (χ1) is 18.0. The van der Waals surface area contributed by atoms with Gasteiger partial charge in [0.25, 0.3) is 0 Å². The molecule has 0 spiro atoms. The molecule has 196 valence electrons. The van der Waals surface area contributed by atoms with Gasteiger partial charge in [0.05, 0.1) is 20.3 Å². The van der Waals surface area contributed by atoms with Crippen molar-refractivity contribution >= 4 is 54.6 Å². The zero-order valence-corrected chi connectivity index (χ0v) is 21.3. The normalized spacial score (nSPS) is 11.2. The Balaban J connectivity index is 0.000000241. The molecule has 0 saturated carbocycles. The van der Waals surface area contributed by atoms with Gasteiger partial charge in [0.15, 0.2) is 57.9 Å². The van der Waals surface area contributed by atoms with Crippen molar-refractivity contribution in [3.05, 3.63) is 105 Å². The average Bonchev–Trinajstić information content (AvgIpc) is 2.94. The standard InChI is InChI=1S/C12Br2F8N2.C10H8N4/c13-1-3(15)7(19)11(8(20)4(1)16)23-24-12-9(21)5(17)2(14)6(18)10(12)22;1-5-11-6-2-9(1)13-14-10-3-7-12-8-4-10/h;1-8H. The lowest BCUT2D eigenvalue weighted by Gasteiger charge is -2.06. The highest BCUT2D eigenvalue weighted by Gasteiger charge is 2.27. The van der Waals surface area contributed by atoms with Gasteiger partial charge in [-0.1, -0.05) is 0 Å². The van der Waals surface area contributed by atoms with E-state index in [1.54, 1.807) is 49.1 Å². The summed E-state index contributed by atoms with van der Waals surface area (Å²) in [6.07, 6.45) is 6.73. The molecular formula is C22H8Br2F8N6. The molecule has 0 bridgehead atoms. The molecule has 0 unspecified atom stereocenters. The van der Waals surface area contributed by atoms with Crippen LogP contribution >= 0.6 is 31.9 Å². The molecular weight excluding hydrogens is 660 g/mol. The lowest BCUT2D eigenvalue weighted by Crippen LogP contribution is -1.98. The molecule has 0 saturated heterocycles. The van der Waals surface area contributed by atoms with Gasteiger partial charge in [-0.2, -0.15) is 10.2 Å². The molecule has 2 aromatic carbocycles. The molecule has 0 N–H and O–H groups in total. The number of halogens is 10. The highest BCUT2D eigenvalue weighted by atomic mass is 79.9. The molecule has 2 heterocycles. The summed E-state index contributed by atoms with van der Waals surface area (Å²) < 4.78 is 105. The third-order valence-corrected chi connectivity index (χ3v) is 5.62. The van der Waals surface area contributed by atoms with E-state index in [1.165, 1.54) is 0 Å². The van der Waals surface area contributed by atoms with Crippen molar-refractivity contribution in [1.29, 1.82) is 0 Å². The molecule has 0 amide bonds. The van der Waals surface area contributed by atoms with Crippen LogP contribution in [0.4, 0.5) is 57.9 Å². The SMILES string of the molecule is Fc1c(F)c(N=Nc2c(F)c(F)c(Br)c(F)c2F)c(F)c(F)c1Br.c1cc(N=Nc2ccncc2)ccn1. The molecule has 0 fully saturated rings. The number of rotatable bonds is 4. The zero-order valence-electron chi connectivity index (χ0n) is 18.1. The maximum atomic E-state index is 13.5. The van der Waals surface area contributed by atoms with Crippen molar-refractivity contribution in [2.24, 2.45) is 20.5 Å². The highest BCUT2D eigenvalue weighted by molar-refractivity contribution is 9.10. The van der Waals surface area contributed by atoms with Gasteiger partial charge in [-0.25, -0.2) is 35.1 Å². The summed E-state index contributed by atoms with van der Waals surface area (Å²) in [7, 11) is 0. The summed E-state index contributed by atoms with van der Waals surface area (Å²) in [4.78, 5) is 7.78. The number of nitrogens with zero attached hydrogens (tertiary/aromatic N) is 6. The van der Waals surface area contributed by atoms with Crippen LogP contribution in [0.3, 0.4) is 0 Å². The lowest BCUT2D eigenvalue weighted by atomic mass is 10.2. The van der Waals surface area contributed by atoms with Crippen LogP contribution in [0, 0.1) is 46.5 Å². The van der Waals surface area contributed by atoms with E-state index in [-0.39, 0.29) is 0 Å². The fourth-order valence-electron chi connectivity index (χ4n) is 2.40. The first-order valence-corrected chi connectivity index (χ1v) is 11.3. The summed E-state index contributed by atoms with van der Waals surface area (Å²) >= 11 is 4.47. The molecule has 4 aromatic rings. The van der Waals surface area contributed by atoms with Gasteiger partial charge in [0, 0.05) is 24.8 Å². The van der Waals surface area contributed by atoms with E-state index >= 15 is 0 Å². The van der Waals surface area contributed by atoms with E-state index in [4.69, 9.17) is 0 Å². The second-order valence-electron chi connectivity index (χ2n) is 6.65. The number of aromatic nitrogens is 2. The maximum Gasteiger partial charge on any atom is 0.190 e. The van der Waals surface area contributed by atoms with Crippen LogP contribution in [0.1, 0.15) is 0 Å². The average molecular weight is 668 g/mol. The highest BCUT2D eigenvalue weighted by Crippen LogP contribution is 2.37. The van der Waals surface area contributed by atoms with Crippen LogP contribution in [0.25, 0.3) is 0 Å². The van der Waals surface area contributed by atoms with Gasteiger partial charge in [-0.3, -0.25) is 9.97 Å². The minimum Gasteiger partial charge on any atom is -0.265 e. The fraction of sp³-hybridized carbons (Fsp3) is 0. The minimum absolute atomic E-state index is 0.789. The first kappa shape index (κ1) is 28.9. The van der Waals surface area contributed by atoms with Crippen molar-refractivity contribution < 1.29 is 35.1 Å². The minimum atomic E-state index is -2.04. The van der Waals surface area contributed by atoms with E-state index in [0.717, 1.165) is 11.4 Å². The molecule has 0 aliphatic rings. The van der Waals surface area contributed by atoms with E-state index < -0.39 is 66.9 Å². The molecule has 38 heavy (non-hydrogen) atoms. The van der Waals surface area contributed by atoms with E-state index in [9.17, 15) is 35.1 Å². The molecule has 4 rings (SSSR count). The molecule has 0 atom stereocenters. The smallest absolute Gasteiger partial charge is 0.190 e. The Bertz CT molecular complexity index is 1350. The van der Waals surface area contributed by atoms with Crippen molar-refractivity contribution in [2.45, 2.75) is 0 Å². The predicted molar refractivity (Wildman–Crippen MR) is 125 cm³/mol. The summed E-state index contributed by atoms with van der Waals surface area (Å²) in [6.45, 7) is 0. The molecule has 16 heteroatoms. The Hall–Kier alpha value is -3.66. The van der Waals surface area contributed by atoms with Crippen LogP contribution in [-0.2, 0) is 0 Å². The van der Waals surface area contributed by atoms with Crippen LogP contribution < -0.4 is 0 Å². The number of hydrogen-bond donors (Lipinski definition) is 0. The van der Waals surface area contributed by atoms with Crippen LogP contribution in [0.2, 0.25) is 0 Å². The van der Waals surface area contributed by atoms with E-state index in [1.807, 2.05) is 0 Å². The van der Waals surface area contributed by atoms with Gasteiger partial charge >= 0.3 is 0 Å². The predicted octanol–water partition coefficient (Wildman–Crippen LogP) is 9.63. The van der Waals surface area contributed by atoms with Crippen molar-refractivity contribution in [1.82, 2.24) is 9.97 Å². The topological polar surface area (TPSA) is 75.2 Å². The second kappa shape index (κ2) is 12.7. The largest absolute Gasteiger partial charge is 0.265 e. The number of hydrogen-bond acceptors (Lipinski definition) is 6. The van der Waals surface area contributed by atoms with Crippen LogP contribution in [-0.4, -0.2) is 9.97 Å². The lowest BCUT2D eigenvalue weighted by molar-refractivity contribution is 0.445. The number of azo groups is 2. The van der Waals surface area contributed by atoms with Crippen LogP contribution in [0.5, 0.6) is 0 Å². The Morgan fingerprint density at radius 2 is 0.684 bits per heavy atom. The van der Waals surface area contributed by atoms with E-state index in [2.05, 4.69) is 62.3 Å². The Morgan fingerprint density at radius 3 is 0.947 bits per heavy atom. The van der Waals surface area contributed by atoms with Crippen molar-refractivity contribution in [3.63, 3.8) is 0 Å². The van der Waals surface area contributed by atoms with Crippen LogP contribution in [0.15, 0.2) is 78.5 Å². The molecule has 6 nitrogen and oxygen atoms in total. The maximum absolute atomic E-state index is 13.5. The zero-order chi connectivity index (χ0) is 28.0. The number of benzene rings is 2. The monoisotopic (exact) mass is 666 g/mol. The van der Waals surface area contributed by atoms with Gasteiger partial charge in [-0.15, -0.1) is 10.2 Å². The molecule has 0 aliphatic carbocycles. The molecule has 2 aromatic heterocycles.